The molecule has 0 fully saturated rings. The molecule has 0 atom stereocenters. The summed E-state index contributed by atoms with van der Waals surface area (Å²) in [5, 5.41) is 2.06. The average Bonchev–Trinajstić information content (AvgIpc) is 3.25. The number of pyridine rings is 3. The second kappa shape index (κ2) is 10.5. The van der Waals surface area contributed by atoms with Crippen LogP contribution < -0.4 is 0 Å². The molecule has 5 heteroatoms. The number of fused-ring (bicyclic) bond motifs is 3. The van der Waals surface area contributed by atoms with E-state index in [0.29, 0.717) is 5.71 Å². The number of hydrogen-bond donors (Lipinski definition) is 0. The Morgan fingerprint density at radius 2 is 1.56 bits per heavy atom. The van der Waals surface area contributed by atoms with Gasteiger partial charge in [-0.25, -0.2) is 4.98 Å². The maximum atomic E-state index is 5.86. The molecule has 2 aromatic carbocycles. The minimum absolute atomic E-state index is 0. The zero-order chi connectivity index (χ0) is 22.6. The van der Waals surface area contributed by atoms with E-state index in [4.69, 9.17) is 4.42 Å². The standard InChI is InChI=1S/C16H9N2O.C13H12N.Ir/c1-2-9-17-14(8-1)13-6-3-5-11-12-7-4-10-18-16(12)19-15(11)13;1-10-3-6-12(7-4-10)13-8-5-11(2)9-14-13;/h1-5,7-10H;3-6,8-9H,1-2H3;/q2*-1;. The van der Waals surface area contributed by atoms with Gasteiger partial charge in [-0.3, -0.25) is 0 Å². The Morgan fingerprint density at radius 3 is 2.29 bits per heavy atom. The van der Waals surface area contributed by atoms with E-state index in [1.165, 1.54) is 11.1 Å². The molecule has 0 bridgehead atoms. The van der Waals surface area contributed by atoms with Gasteiger partial charge in [0.2, 0.25) is 5.71 Å². The number of benzene rings is 2. The fourth-order valence-corrected chi connectivity index (χ4v) is 3.57. The van der Waals surface area contributed by atoms with Crippen molar-refractivity contribution < 1.29 is 24.5 Å². The summed E-state index contributed by atoms with van der Waals surface area (Å²) >= 11 is 0. The third kappa shape index (κ3) is 4.96. The monoisotopic (exact) mass is 620 g/mol. The van der Waals surface area contributed by atoms with E-state index in [1.54, 1.807) is 12.4 Å². The minimum atomic E-state index is 0. The van der Waals surface area contributed by atoms with E-state index < -0.39 is 0 Å². The molecule has 6 rings (SSSR count). The summed E-state index contributed by atoms with van der Waals surface area (Å²) in [7, 11) is 0. The summed E-state index contributed by atoms with van der Waals surface area (Å²) < 4.78 is 5.86. The first-order valence-corrected chi connectivity index (χ1v) is 10.7. The molecular formula is C29H21IrN3O-2. The van der Waals surface area contributed by atoms with E-state index in [2.05, 4.69) is 46.1 Å². The summed E-state index contributed by atoms with van der Waals surface area (Å²) in [5.74, 6) is 0. The minimum Gasteiger partial charge on any atom is -0.486 e. The average molecular weight is 620 g/mol. The molecule has 169 valence electrons. The molecule has 0 saturated carbocycles. The Morgan fingerprint density at radius 1 is 0.706 bits per heavy atom. The molecule has 0 spiro atoms. The maximum absolute atomic E-state index is 5.86. The molecule has 4 aromatic heterocycles. The summed E-state index contributed by atoms with van der Waals surface area (Å²) in [4.78, 5) is 13.0. The number of nitrogens with zero attached hydrogens (tertiary/aromatic N) is 3. The Hall–Kier alpha value is -3.66. The molecule has 0 aliphatic heterocycles. The van der Waals surface area contributed by atoms with E-state index >= 15 is 0 Å². The van der Waals surface area contributed by atoms with Crippen LogP contribution in [-0.2, 0) is 20.1 Å². The van der Waals surface area contributed by atoms with Crippen molar-refractivity contribution >= 4 is 22.1 Å². The van der Waals surface area contributed by atoms with Crippen LogP contribution in [0.4, 0.5) is 0 Å². The third-order valence-electron chi connectivity index (χ3n) is 5.29. The van der Waals surface area contributed by atoms with Gasteiger partial charge in [-0.05, 0) is 42.1 Å². The van der Waals surface area contributed by atoms with Crippen LogP contribution >= 0.6 is 0 Å². The summed E-state index contributed by atoms with van der Waals surface area (Å²) in [6.07, 6.45) is 5.38. The Bertz CT molecular complexity index is 1470. The summed E-state index contributed by atoms with van der Waals surface area (Å²) in [5.41, 5.74) is 7.60. The topological polar surface area (TPSA) is 51.8 Å². The molecule has 4 nitrogen and oxygen atoms in total. The molecule has 0 unspecified atom stereocenters. The van der Waals surface area contributed by atoms with Gasteiger partial charge < -0.3 is 14.4 Å². The van der Waals surface area contributed by atoms with Gasteiger partial charge in [0.15, 0.2) is 0 Å². The van der Waals surface area contributed by atoms with Crippen molar-refractivity contribution in [3.05, 3.63) is 115 Å². The SMILES string of the molecule is Cc1c[c-]c(-c2ccc(C)cn2)cc1.[Ir].[c-]1ccc2c(oc3ncccc32)c1-c1ccccn1. The molecule has 34 heavy (non-hydrogen) atoms. The molecule has 0 aliphatic rings. The van der Waals surface area contributed by atoms with Crippen LogP contribution in [-0.4, -0.2) is 15.0 Å². The number of aryl methyl sites for hydroxylation is 2. The fraction of sp³-hybridized carbons (Fsp3) is 0.0690. The maximum Gasteiger partial charge on any atom is 0.216 e. The van der Waals surface area contributed by atoms with Crippen molar-refractivity contribution in [1.82, 2.24) is 15.0 Å². The van der Waals surface area contributed by atoms with Crippen LogP contribution in [0.2, 0.25) is 0 Å². The fourth-order valence-electron chi connectivity index (χ4n) is 3.57. The predicted octanol–water partition coefficient (Wildman–Crippen LogP) is 7.01. The van der Waals surface area contributed by atoms with E-state index in [1.807, 2.05) is 73.8 Å². The second-order valence-electron chi connectivity index (χ2n) is 7.77. The van der Waals surface area contributed by atoms with Gasteiger partial charge in [-0.1, -0.05) is 42.1 Å². The smallest absolute Gasteiger partial charge is 0.216 e. The van der Waals surface area contributed by atoms with E-state index in [-0.39, 0.29) is 20.1 Å². The predicted molar refractivity (Wildman–Crippen MR) is 132 cm³/mol. The number of rotatable bonds is 2. The first-order valence-electron chi connectivity index (χ1n) is 10.7. The second-order valence-corrected chi connectivity index (χ2v) is 7.77. The van der Waals surface area contributed by atoms with Crippen LogP contribution in [0, 0.1) is 26.0 Å². The normalized spacial score (nSPS) is 10.4. The molecule has 0 amide bonds. The first kappa shape index (κ1) is 23.5. The van der Waals surface area contributed by atoms with E-state index in [0.717, 1.165) is 38.9 Å². The molecular weight excluding hydrogens is 599 g/mol. The van der Waals surface area contributed by atoms with Gasteiger partial charge in [0, 0.05) is 44.1 Å². The number of aromatic nitrogens is 3. The number of furan rings is 1. The molecule has 0 N–H and O–H groups in total. The van der Waals surface area contributed by atoms with Crippen molar-refractivity contribution in [3.8, 4) is 22.5 Å². The van der Waals surface area contributed by atoms with Gasteiger partial charge >= 0.3 is 0 Å². The molecule has 1 radical (unpaired) electrons. The first-order chi connectivity index (χ1) is 16.2. The van der Waals surface area contributed by atoms with Crippen molar-refractivity contribution in [2.75, 3.05) is 0 Å². The van der Waals surface area contributed by atoms with Crippen molar-refractivity contribution in [1.29, 1.82) is 0 Å². The van der Waals surface area contributed by atoms with Crippen LogP contribution in [0.5, 0.6) is 0 Å². The summed E-state index contributed by atoms with van der Waals surface area (Å²) in [6, 6.07) is 30.2. The zero-order valence-corrected chi connectivity index (χ0v) is 21.1. The summed E-state index contributed by atoms with van der Waals surface area (Å²) in [6.45, 7) is 4.10. The van der Waals surface area contributed by atoms with Gasteiger partial charge in [0.25, 0.3) is 0 Å². The molecule has 4 heterocycles. The van der Waals surface area contributed by atoms with Crippen LogP contribution in [0.1, 0.15) is 11.1 Å². The van der Waals surface area contributed by atoms with Gasteiger partial charge in [0.05, 0.1) is 5.58 Å². The number of hydrogen-bond acceptors (Lipinski definition) is 4. The van der Waals surface area contributed by atoms with Gasteiger partial charge in [0.1, 0.15) is 0 Å². The van der Waals surface area contributed by atoms with Crippen molar-refractivity contribution in [3.63, 3.8) is 0 Å². The van der Waals surface area contributed by atoms with Crippen molar-refractivity contribution in [2.24, 2.45) is 0 Å². The zero-order valence-electron chi connectivity index (χ0n) is 18.7. The van der Waals surface area contributed by atoms with Crippen molar-refractivity contribution in [2.45, 2.75) is 13.8 Å². The van der Waals surface area contributed by atoms with Crippen LogP contribution in [0.15, 0.2) is 95.8 Å². The van der Waals surface area contributed by atoms with Gasteiger partial charge in [-0.15, -0.1) is 53.6 Å². The van der Waals surface area contributed by atoms with Gasteiger partial charge in [-0.2, -0.15) is 0 Å². The molecule has 0 aliphatic carbocycles. The largest absolute Gasteiger partial charge is 0.486 e. The Kier molecular flexibility index (Phi) is 7.27. The van der Waals surface area contributed by atoms with E-state index in [9.17, 15) is 0 Å². The Balaban J connectivity index is 0.000000164. The molecule has 0 saturated heterocycles. The van der Waals surface area contributed by atoms with Crippen LogP contribution in [0.3, 0.4) is 0 Å². The Labute approximate surface area is 212 Å². The quantitative estimate of drug-likeness (QED) is 0.196. The molecule has 6 aromatic rings. The van der Waals surface area contributed by atoms with Crippen LogP contribution in [0.25, 0.3) is 44.6 Å². The third-order valence-corrected chi connectivity index (χ3v) is 5.29.